The van der Waals surface area contributed by atoms with Crippen molar-refractivity contribution in [3.63, 3.8) is 0 Å². The molecule has 1 aromatic carbocycles. The van der Waals surface area contributed by atoms with Crippen molar-refractivity contribution in [3.05, 3.63) is 66.3 Å². The first kappa shape index (κ1) is 26.5. The lowest BCUT2D eigenvalue weighted by Crippen LogP contribution is -2.36. The maximum absolute atomic E-state index is 12.6. The van der Waals surface area contributed by atoms with Crippen LogP contribution in [0.5, 0.6) is 0 Å². The standard InChI is InChI=1S/C27H40N6O2/c1-3-13-29-22(2)33(15-8-4-7-14-32-16-18-35-19-17-32)21-23-11-12-26(30-20-23)27(34)31-25-10-6-5-9-24(25)28/h5-6,9-12,20,29H,2-4,7-8,13-19,21,28H2,1H3,(H,31,34). The fourth-order valence-electron chi connectivity index (χ4n) is 4.00. The van der Waals surface area contributed by atoms with Gasteiger partial charge in [-0.3, -0.25) is 14.7 Å². The number of amides is 1. The molecule has 0 saturated carbocycles. The number of nitrogens with zero attached hydrogens (tertiary/aromatic N) is 3. The van der Waals surface area contributed by atoms with Crippen LogP contribution in [0.15, 0.2) is 55.0 Å². The van der Waals surface area contributed by atoms with E-state index in [2.05, 4.69) is 38.9 Å². The number of ether oxygens (including phenoxy) is 1. The number of carbonyl (C=O) groups is 1. The van der Waals surface area contributed by atoms with Crippen molar-refractivity contribution < 1.29 is 9.53 Å². The van der Waals surface area contributed by atoms with Gasteiger partial charge in [-0.2, -0.15) is 0 Å². The van der Waals surface area contributed by atoms with Gasteiger partial charge in [-0.05, 0) is 49.6 Å². The summed E-state index contributed by atoms with van der Waals surface area (Å²) in [6.45, 7) is 13.9. The van der Waals surface area contributed by atoms with E-state index in [1.54, 1.807) is 24.4 Å². The lowest BCUT2D eigenvalue weighted by atomic mass is 10.2. The summed E-state index contributed by atoms with van der Waals surface area (Å²) in [6, 6.07) is 10.9. The first-order valence-electron chi connectivity index (χ1n) is 12.7. The van der Waals surface area contributed by atoms with Gasteiger partial charge in [-0.25, -0.2) is 0 Å². The average molecular weight is 481 g/mol. The van der Waals surface area contributed by atoms with Crippen molar-refractivity contribution in [2.24, 2.45) is 0 Å². The molecular formula is C27H40N6O2. The van der Waals surface area contributed by atoms with E-state index in [1.165, 1.54) is 12.8 Å². The number of unbranched alkanes of at least 4 members (excludes halogenated alkanes) is 2. The number of morpholine rings is 1. The summed E-state index contributed by atoms with van der Waals surface area (Å²) in [6.07, 6.45) is 6.28. The fraction of sp³-hybridized carbons (Fsp3) is 0.481. The summed E-state index contributed by atoms with van der Waals surface area (Å²) >= 11 is 0. The van der Waals surface area contributed by atoms with Gasteiger partial charge in [0.05, 0.1) is 30.4 Å². The van der Waals surface area contributed by atoms with Crippen molar-refractivity contribution in [2.45, 2.75) is 39.2 Å². The van der Waals surface area contributed by atoms with Gasteiger partial charge in [0.1, 0.15) is 5.69 Å². The number of rotatable bonds is 14. The number of benzene rings is 1. The van der Waals surface area contributed by atoms with Crippen LogP contribution in [0.4, 0.5) is 11.4 Å². The zero-order chi connectivity index (χ0) is 24.9. The average Bonchev–Trinajstić information content (AvgIpc) is 2.88. The zero-order valence-electron chi connectivity index (χ0n) is 21.0. The smallest absolute Gasteiger partial charge is 0.274 e. The van der Waals surface area contributed by atoms with E-state index in [-0.39, 0.29) is 5.91 Å². The monoisotopic (exact) mass is 480 g/mol. The van der Waals surface area contributed by atoms with Crippen molar-refractivity contribution in [1.82, 2.24) is 20.1 Å². The Hall–Kier alpha value is -3.10. The van der Waals surface area contributed by atoms with E-state index >= 15 is 0 Å². The molecule has 2 heterocycles. The van der Waals surface area contributed by atoms with Crippen LogP contribution in [0.3, 0.4) is 0 Å². The Bertz CT molecular complexity index is 928. The molecule has 1 amide bonds. The molecule has 1 aliphatic rings. The second kappa shape index (κ2) is 14.3. The zero-order valence-corrected chi connectivity index (χ0v) is 21.0. The molecular weight excluding hydrogens is 440 g/mol. The number of aromatic nitrogens is 1. The third kappa shape index (κ3) is 8.88. The van der Waals surface area contributed by atoms with Crippen molar-refractivity contribution >= 4 is 17.3 Å². The van der Waals surface area contributed by atoms with E-state index in [9.17, 15) is 4.79 Å². The van der Waals surface area contributed by atoms with Gasteiger partial charge in [-0.15, -0.1) is 0 Å². The Morgan fingerprint density at radius 1 is 1.17 bits per heavy atom. The minimum atomic E-state index is -0.277. The number of carbonyl (C=O) groups excluding carboxylic acids is 1. The minimum Gasteiger partial charge on any atom is -0.397 e. The maximum Gasteiger partial charge on any atom is 0.274 e. The Morgan fingerprint density at radius 2 is 1.97 bits per heavy atom. The first-order valence-corrected chi connectivity index (χ1v) is 12.7. The summed E-state index contributed by atoms with van der Waals surface area (Å²) in [7, 11) is 0. The van der Waals surface area contributed by atoms with Crippen molar-refractivity contribution in [3.8, 4) is 0 Å². The molecule has 4 N–H and O–H groups in total. The maximum atomic E-state index is 12.6. The summed E-state index contributed by atoms with van der Waals surface area (Å²) in [4.78, 5) is 21.7. The summed E-state index contributed by atoms with van der Waals surface area (Å²) in [5.41, 5.74) is 8.42. The second-order valence-corrected chi connectivity index (χ2v) is 8.90. The molecule has 1 aliphatic heterocycles. The highest BCUT2D eigenvalue weighted by Crippen LogP contribution is 2.18. The summed E-state index contributed by atoms with van der Waals surface area (Å²) in [5, 5.41) is 6.24. The van der Waals surface area contributed by atoms with Gasteiger partial charge >= 0.3 is 0 Å². The van der Waals surface area contributed by atoms with Crippen LogP contribution in [-0.2, 0) is 11.3 Å². The van der Waals surface area contributed by atoms with Crippen molar-refractivity contribution in [1.29, 1.82) is 0 Å². The van der Waals surface area contributed by atoms with Gasteiger partial charge in [-0.1, -0.05) is 38.1 Å². The highest BCUT2D eigenvalue weighted by Gasteiger charge is 2.13. The predicted molar refractivity (Wildman–Crippen MR) is 142 cm³/mol. The highest BCUT2D eigenvalue weighted by molar-refractivity contribution is 6.04. The molecule has 3 rings (SSSR count). The Balaban J connectivity index is 1.51. The molecule has 190 valence electrons. The molecule has 1 saturated heterocycles. The quantitative estimate of drug-likeness (QED) is 0.280. The number of hydrogen-bond donors (Lipinski definition) is 3. The third-order valence-electron chi connectivity index (χ3n) is 6.11. The number of para-hydroxylation sites is 2. The minimum absolute atomic E-state index is 0.277. The molecule has 1 fully saturated rings. The molecule has 0 bridgehead atoms. The van der Waals surface area contributed by atoms with Gasteiger partial charge in [0, 0.05) is 38.9 Å². The Morgan fingerprint density at radius 3 is 2.69 bits per heavy atom. The van der Waals surface area contributed by atoms with Gasteiger partial charge in [0.25, 0.3) is 5.91 Å². The number of hydrogen-bond acceptors (Lipinski definition) is 7. The summed E-state index contributed by atoms with van der Waals surface area (Å²) in [5.74, 6) is 0.655. The van der Waals surface area contributed by atoms with Crippen LogP contribution in [0.2, 0.25) is 0 Å². The fourth-order valence-corrected chi connectivity index (χ4v) is 4.00. The van der Waals surface area contributed by atoms with Gasteiger partial charge in [0.15, 0.2) is 0 Å². The molecule has 35 heavy (non-hydrogen) atoms. The van der Waals surface area contributed by atoms with Gasteiger partial charge in [0.2, 0.25) is 0 Å². The molecule has 0 spiro atoms. The van der Waals surface area contributed by atoms with E-state index in [0.29, 0.717) is 23.6 Å². The van der Waals surface area contributed by atoms with E-state index < -0.39 is 0 Å². The molecule has 0 aliphatic carbocycles. The molecule has 0 atom stereocenters. The Kier molecular flexibility index (Phi) is 10.9. The molecule has 0 radical (unpaired) electrons. The third-order valence-corrected chi connectivity index (χ3v) is 6.11. The van der Waals surface area contributed by atoms with Crippen LogP contribution in [0.1, 0.15) is 48.7 Å². The SMILES string of the molecule is C=C(NCCC)N(CCCCCN1CCOCC1)Cc1ccc(C(=O)Nc2ccccc2N)nc1. The first-order chi connectivity index (χ1) is 17.1. The van der Waals surface area contributed by atoms with E-state index in [0.717, 1.165) is 70.2 Å². The lowest BCUT2D eigenvalue weighted by molar-refractivity contribution is 0.0370. The van der Waals surface area contributed by atoms with Crippen LogP contribution in [0.25, 0.3) is 0 Å². The van der Waals surface area contributed by atoms with E-state index in [4.69, 9.17) is 10.5 Å². The number of pyridine rings is 1. The van der Waals surface area contributed by atoms with Crippen LogP contribution in [0, 0.1) is 0 Å². The van der Waals surface area contributed by atoms with Crippen LogP contribution in [-0.4, -0.2) is 66.6 Å². The van der Waals surface area contributed by atoms with Crippen molar-refractivity contribution in [2.75, 3.05) is 57.0 Å². The number of anilines is 2. The molecule has 0 unspecified atom stereocenters. The molecule has 2 aromatic rings. The second-order valence-electron chi connectivity index (χ2n) is 8.90. The van der Waals surface area contributed by atoms with Crippen LogP contribution < -0.4 is 16.4 Å². The number of nitrogens with two attached hydrogens (primary N) is 1. The van der Waals surface area contributed by atoms with E-state index in [1.807, 2.05) is 18.2 Å². The number of nitrogens with one attached hydrogen (secondary N) is 2. The van der Waals surface area contributed by atoms with Gasteiger partial charge < -0.3 is 26.0 Å². The summed E-state index contributed by atoms with van der Waals surface area (Å²) < 4.78 is 5.43. The molecule has 8 heteroatoms. The predicted octanol–water partition coefficient (Wildman–Crippen LogP) is 3.69. The topological polar surface area (TPSA) is 95.8 Å². The van der Waals surface area contributed by atoms with Crippen LogP contribution >= 0.6 is 0 Å². The largest absolute Gasteiger partial charge is 0.397 e. The normalized spacial score (nSPS) is 13.9. The highest BCUT2D eigenvalue weighted by atomic mass is 16.5. The number of nitrogen functional groups attached to an aromatic ring is 1. The molecule has 8 nitrogen and oxygen atoms in total. The Labute approximate surface area is 209 Å². The molecule has 1 aromatic heterocycles. The lowest BCUT2D eigenvalue weighted by Gasteiger charge is -2.28.